The van der Waals surface area contributed by atoms with E-state index in [4.69, 9.17) is 0 Å². The molecule has 0 spiro atoms. The Morgan fingerprint density at radius 3 is 2.70 bits per heavy atom. The predicted molar refractivity (Wildman–Crippen MR) is 89.6 cm³/mol. The van der Waals surface area contributed by atoms with Crippen LogP contribution in [0.15, 0.2) is 52.6 Å². The van der Waals surface area contributed by atoms with Gasteiger partial charge in [-0.15, -0.1) is 16.4 Å². The van der Waals surface area contributed by atoms with E-state index in [1.54, 1.807) is 19.2 Å². The predicted octanol–water partition coefficient (Wildman–Crippen LogP) is 1.74. The van der Waals surface area contributed by atoms with Gasteiger partial charge in [-0.3, -0.25) is 9.36 Å². The Labute approximate surface area is 137 Å². The molecule has 2 heterocycles. The largest absolute Gasteiger partial charge is 0.350 e. The Hall–Kier alpha value is -2.67. The molecule has 6 nitrogen and oxygen atoms in total. The molecule has 0 aliphatic rings. The summed E-state index contributed by atoms with van der Waals surface area (Å²) >= 11 is 1.53. The van der Waals surface area contributed by atoms with Crippen molar-refractivity contribution in [2.24, 2.45) is 7.05 Å². The fraction of sp³-hybridized carbons (Fsp3) is 0.188. The van der Waals surface area contributed by atoms with E-state index in [2.05, 4.69) is 10.4 Å². The number of hydrogen-bond acceptors (Lipinski definition) is 4. The minimum absolute atomic E-state index is 0.159. The van der Waals surface area contributed by atoms with Gasteiger partial charge in [0.2, 0.25) is 0 Å². The minimum atomic E-state index is -0.192. The van der Waals surface area contributed by atoms with Gasteiger partial charge in [-0.2, -0.15) is 0 Å². The summed E-state index contributed by atoms with van der Waals surface area (Å²) in [6, 6.07) is 12.8. The maximum Gasteiger partial charge on any atom is 0.346 e. The summed E-state index contributed by atoms with van der Waals surface area (Å²) in [5, 5.41) is 9.08. The van der Waals surface area contributed by atoms with Crippen LogP contribution in [0.5, 0.6) is 0 Å². The van der Waals surface area contributed by atoms with Crippen LogP contribution in [-0.4, -0.2) is 26.8 Å². The van der Waals surface area contributed by atoms with Crippen molar-refractivity contribution in [3.63, 3.8) is 0 Å². The number of hydrogen-bond donors (Lipinski definition) is 1. The second-order valence-electron chi connectivity index (χ2n) is 4.99. The van der Waals surface area contributed by atoms with Crippen LogP contribution in [-0.2, 0) is 13.6 Å². The number of nitrogens with one attached hydrogen (secondary N) is 1. The number of nitrogens with zero attached hydrogens (tertiary/aromatic N) is 3. The maximum atomic E-state index is 12.2. The number of amides is 1. The normalized spacial score (nSPS) is 10.7. The molecule has 3 aromatic rings. The van der Waals surface area contributed by atoms with Crippen LogP contribution in [0.3, 0.4) is 0 Å². The van der Waals surface area contributed by atoms with Crippen LogP contribution < -0.4 is 11.0 Å². The molecule has 1 N–H and O–H groups in total. The Morgan fingerprint density at radius 1 is 1.22 bits per heavy atom. The van der Waals surface area contributed by atoms with Gasteiger partial charge >= 0.3 is 5.69 Å². The molecule has 1 amide bonds. The van der Waals surface area contributed by atoms with E-state index in [-0.39, 0.29) is 11.6 Å². The van der Waals surface area contributed by atoms with Crippen molar-refractivity contribution in [3.05, 3.63) is 63.9 Å². The van der Waals surface area contributed by atoms with E-state index in [0.29, 0.717) is 24.5 Å². The molecule has 0 unspecified atom stereocenters. The highest BCUT2D eigenvalue weighted by molar-refractivity contribution is 7.13. The highest BCUT2D eigenvalue weighted by atomic mass is 32.1. The van der Waals surface area contributed by atoms with Crippen LogP contribution in [0.4, 0.5) is 0 Å². The summed E-state index contributed by atoms with van der Waals surface area (Å²) in [5.41, 5.74) is 0.405. The topological polar surface area (TPSA) is 68.9 Å². The smallest absolute Gasteiger partial charge is 0.346 e. The lowest BCUT2D eigenvalue weighted by Gasteiger charge is -2.04. The van der Waals surface area contributed by atoms with Gasteiger partial charge in [0.15, 0.2) is 5.82 Å². The van der Waals surface area contributed by atoms with E-state index in [0.717, 1.165) is 4.88 Å². The van der Waals surface area contributed by atoms with Crippen molar-refractivity contribution in [1.29, 1.82) is 0 Å². The quantitative estimate of drug-likeness (QED) is 0.776. The molecule has 0 aliphatic carbocycles. The minimum Gasteiger partial charge on any atom is -0.350 e. The highest BCUT2D eigenvalue weighted by Crippen LogP contribution is 2.20. The first-order valence-electron chi connectivity index (χ1n) is 7.18. The zero-order valence-electron chi connectivity index (χ0n) is 12.6. The van der Waals surface area contributed by atoms with Gasteiger partial charge in [0.25, 0.3) is 5.91 Å². The molecule has 118 valence electrons. The fourth-order valence-corrected chi connectivity index (χ4v) is 2.96. The van der Waals surface area contributed by atoms with Crippen molar-refractivity contribution >= 4 is 17.2 Å². The summed E-state index contributed by atoms with van der Waals surface area (Å²) in [7, 11) is 1.70. The molecule has 0 aliphatic heterocycles. The molecule has 0 saturated carbocycles. The zero-order valence-corrected chi connectivity index (χ0v) is 13.4. The van der Waals surface area contributed by atoms with Gasteiger partial charge < -0.3 is 5.32 Å². The Balaban J connectivity index is 1.66. The highest BCUT2D eigenvalue weighted by Gasteiger charge is 2.13. The molecular weight excluding hydrogens is 312 g/mol. The van der Waals surface area contributed by atoms with Crippen LogP contribution in [0.25, 0.3) is 10.7 Å². The lowest BCUT2D eigenvalue weighted by Crippen LogP contribution is -2.31. The SMILES string of the molecule is Cn1c(-c2cccs2)nn(CCNC(=O)c2ccccc2)c1=O. The number of thiophene rings is 1. The van der Waals surface area contributed by atoms with Gasteiger partial charge in [-0.05, 0) is 23.6 Å². The molecule has 23 heavy (non-hydrogen) atoms. The number of carbonyl (C=O) groups excluding carboxylic acids is 1. The molecule has 0 saturated heterocycles. The number of aromatic nitrogens is 3. The second kappa shape index (κ2) is 6.62. The van der Waals surface area contributed by atoms with E-state index in [9.17, 15) is 9.59 Å². The van der Waals surface area contributed by atoms with Crippen molar-refractivity contribution < 1.29 is 4.79 Å². The van der Waals surface area contributed by atoms with Crippen molar-refractivity contribution in [2.45, 2.75) is 6.54 Å². The molecule has 0 fully saturated rings. The third-order valence-corrected chi connectivity index (χ3v) is 4.29. The number of carbonyl (C=O) groups is 1. The number of rotatable bonds is 5. The van der Waals surface area contributed by atoms with Gasteiger partial charge in [-0.1, -0.05) is 24.3 Å². The first kappa shape index (κ1) is 15.2. The van der Waals surface area contributed by atoms with Crippen molar-refractivity contribution in [2.75, 3.05) is 6.54 Å². The second-order valence-corrected chi connectivity index (χ2v) is 5.94. The molecule has 0 bridgehead atoms. The lowest BCUT2D eigenvalue weighted by molar-refractivity contribution is 0.0952. The van der Waals surface area contributed by atoms with E-state index in [1.807, 2.05) is 35.7 Å². The molecule has 2 aromatic heterocycles. The monoisotopic (exact) mass is 328 g/mol. The van der Waals surface area contributed by atoms with Gasteiger partial charge in [-0.25, -0.2) is 9.48 Å². The van der Waals surface area contributed by atoms with Crippen molar-refractivity contribution in [3.8, 4) is 10.7 Å². The summed E-state index contributed by atoms with van der Waals surface area (Å²) in [5.74, 6) is 0.479. The van der Waals surface area contributed by atoms with E-state index in [1.165, 1.54) is 20.6 Å². The Morgan fingerprint density at radius 2 is 2.00 bits per heavy atom. The average Bonchev–Trinajstić information content (AvgIpc) is 3.19. The molecule has 0 atom stereocenters. The molecule has 1 aromatic carbocycles. The summed E-state index contributed by atoms with van der Waals surface area (Å²) in [6.45, 7) is 0.672. The fourth-order valence-electron chi connectivity index (χ4n) is 2.22. The number of benzene rings is 1. The van der Waals surface area contributed by atoms with Crippen LogP contribution >= 0.6 is 11.3 Å². The zero-order chi connectivity index (χ0) is 16.2. The Bertz CT molecular complexity index is 850. The maximum absolute atomic E-state index is 12.2. The van der Waals surface area contributed by atoms with Gasteiger partial charge in [0.1, 0.15) is 0 Å². The molecular formula is C16H16N4O2S. The molecule has 3 rings (SSSR count). The van der Waals surface area contributed by atoms with Crippen LogP contribution in [0, 0.1) is 0 Å². The van der Waals surface area contributed by atoms with Crippen LogP contribution in [0.2, 0.25) is 0 Å². The van der Waals surface area contributed by atoms with Gasteiger partial charge in [0, 0.05) is 19.2 Å². The lowest BCUT2D eigenvalue weighted by atomic mass is 10.2. The van der Waals surface area contributed by atoms with E-state index < -0.39 is 0 Å². The summed E-state index contributed by atoms with van der Waals surface area (Å²) in [4.78, 5) is 25.1. The summed E-state index contributed by atoms with van der Waals surface area (Å²) in [6.07, 6.45) is 0. The summed E-state index contributed by atoms with van der Waals surface area (Å²) < 4.78 is 2.89. The van der Waals surface area contributed by atoms with E-state index >= 15 is 0 Å². The third-order valence-electron chi connectivity index (χ3n) is 3.43. The first-order valence-corrected chi connectivity index (χ1v) is 8.06. The third kappa shape index (κ3) is 3.24. The molecule has 7 heteroatoms. The average molecular weight is 328 g/mol. The van der Waals surface area contributed by atoms with Crippen molar-refractivity contribution in [1.82, 2.24) is 19.7 Å². The first-order chi connectivity index (χ1) is 11.2. The molecule has 0 radical (unpaired) electrons. The van der Waals surface area contributed by atoms with Gasteiger partial charge in [0.05, 0.1) is 11.4 Å². The van der Waals surface area contributed by atoms with Crippen LogP contribution in [0.1, 0.15) is 10.4 Å². The standard InChI is InChI=1S/C16H16N4O2S/c1-19-14(13-8-5-11-23-13)18-20(16(19)22)10-9-17-15(21)12-6-3-2-4-7-12/h2-8,11H,9-10H2,1H3,(H,17,21). The Kier molecular flexibility index (Phi) is 4.38.